The van der Waals surface area contributed by atoms with Crippen LogP contribution in [0.4, 0.5) is 5.69 Å². The summed E-state index contributed by atoms with van der Waals surface area (Å²) in [7, 11) is 0. The Morgan fingerprint density at radius 3 is 1.76 bits per heavy atom. The van der Waals surface area contributed by atoms with Gasteiger partial charge in [-0.1, -0.05) is 54.1 Å². The van der Waals surface area contributed by atoms with Gasteiger partial charge < -0.3 is 0 Å². The number of nitrogens with zero attached hydrogens (tertiary/aromatic N) is 1. The molecule has 17 heavy (non-hydrogen) atoms. The van der Waals surface area contributed by atoms with Gasteiger partial charge in [0, 0.05) is 11.6 Å². The van der Waals surface area contributed by atoms with E-state index in [0.29, 0.717) is 5.56 Å². The van der Waals surface area contributed by atoms with Crippen molar-refractivity contribution in [1.82, 2.24) is 0 Å². The monoisotopic (exact) mass is 229 g/mol. The van der Waals surface area contributed by atoms with Crippen molar-refractivity contribution >= 4 is 5.69 Å². The van der Waals surface area contributed by atoms with Gasteiger partial charge in [0.1, 0.15) is 0 Å². The Labute approximate surface area is 101 Å². The molecule has 0 aliphatic carbocycles. The molecule has 0 radical (unpaired) electrons. The van der Waals surface area contributed by atoms with Crippen LogP contribution < -0.4 is 0 Å². The van der Waals surface area contributed by atoms with E-state index in [1.54, 1.807) is 25.1 Å². The van der Waals surface area contributed by atoms with E-state index in [0.717, 1.165) is 0 Å². The zero-order chi connectivity index (χ0) is 12.7. The minimum Gasteiger partial charge on any atom is -0.258 e. The SMILES string of the molecule is Cc1ccccc1.Cc1ccccc1[N+](=O)[O-]. The van der Waals surface area contributed by atoms with E-state index in [-0.39, 0.29) is 10.6 Å². The lowest BCUT2D eigenvalue weighted by molar-refractivity contribution is -0.385. The molecule has 0 spiro atoms. The lowest BCUT2D eigenvalue weighted by atomic mass is 10.2. The number of nitro benzene ring substituents is 1. The highest BCUT2D eigenvalue weighted by Crippen LogP contribution is 2.14. The van der Waals surface area contributed by atoms with Crippen molar-refractivity contribution in [3.8, 4) is 0 Å². The molecule has 0 aliphatic rings. The number of aryl methyl sites for hydroxylation is 2. The fraction of sp³-hybridized carbons (Fsp3) is 0.143. The van der Waals surface area contributed by atoms with Gasteiger partial charge in [-0.3, -0.25) is 10.1 Å². The summed E-state index contributed by atoms with van der Waals surface area (Å²) in [5.41, 5.74) is 2.21. The maximum absolute atomic E-state index is 10.2. The molecule has 0 atom stereocenters. The zero-order valence-electron chi connectivity index (χ0n) is 9.96. The van der Waals surface area contributed by atoms with Gasteiger partial charge in [0.15, 0.2) is 0 Å². The van der Waals surface area contributed by atoms with Crippen LogP contribution in [0.25, 0.3) is 0 Å². The fourth-order valence-electron chi connectivity index (χ4n) is 1.30. The van der Waals surface area contributed by atoms with Crippen LogP contribution in [0.5, 0.6) is 0 Å². The minimum atomic E-state index is -0.380. The molecular formula is C14H15NO2. The number of nitro groups is 1. The van der Waals surface area contributed by atoms with E-state index >= 15 is 0 Å². The third-order valence-electron chi connectivity index (χ3n) is 2.25. The van der Waals surface area contributed by atoms with Gasteiger partial charge in [0.25, 0.3) is 5.69 Å². The normalized spacial score (nSPS) is 9.06. The Balaban J connectivity index is 0.000000181. The molecule has 0 fully saturated rings. The summed E-state index contributed by atoms with van der Waals surface area (Å²) in [5.74, 6) is 0. The summed E-state index contributed by atoms with van der Waals surface area (Å²) in [6.07, 6.45) is 0. The summed E-state index contributed by atoms with van der Waals surface area (Å²) in [6, 6.07) is 16.9. The second kappa shape index (κ2) is 6.43. The highest BCUT2D eigenvalue weighted by molar-refractivity contribution is 5.38. The van der Waals surface area contributed by atoms with Crippen molar-refractivity contribution in [3.05, 3.63) is 75.8 Å². The third kappa shape index (κ3) is 4.47. The van der Waals surface area contributed by atoms with Crippen molar-refractivity contribution in [2.45, 2.75) is 13.8 Å². The average Bonchev–Trinajstić information content (AvgIpc) is 2.31. The van der Waals surface area contributed by atoms with Crippen molar-refractivity contribution in [1.29, 1.82) is 0 Å². The Morgan fingerprint density at radius 1 is 0.882 bits per heavy atom. The average molecular weight is 229 g/mol. The molecular weight excluding hydrogens is 214 g/mol. The van der Waals surface area contributed by atoms with Crippen LogP contribution in [0.15, 0.2) is 54.6 Å². The van der Waals surface area contributed by atoms with Gasteiger partial charge in [-0.05, 0) is 13.8 Å². The van der Waals surface area contributed by atoms with E-state index in [4.69, 9.17) is 0 Å². The molecule has 3 nitrogen and oxygen atoms in total. The Bertz CT molecular complexity index is 481. The Hall–Kier alpha value is -2.16. The van der Waals surface area contributed by atoms with Gasteiger partial charge in [-0.2, -0.15) is 0 Å². The molecule has 0 saturated heterocycles. The first-order chi connectivity index (χ1) is 8.11. The molecule has 0 aromatic heterocycles. The molecule has 0 amide bonds. The maximum atomic E-state index is 10.2. The van der Waals surface area contributed by atoms with Crippen LogP contribution in [0, 0.1) is 24.0 Å². The Kier molecular flexibility index (Phi) is 4.88. The first kappa shape index (κ1) is 12.9. The van der Waals surface area contributed by atoms with Crippen molar-refractivity contribution < 1.29 is 4.92 Å². The molecule has 0 bridgehead atoms. The summed E-state index contributed by atoms with van der Waals surface area (Å²) < 4.78 is 0. The van der Waals surface area contributed by atoms with Gasteiger partial charge in [0.05, 0.1) is 4.92 Å². The largest absolute Gasteiger partial charge is 0.272 e. The first-order valence-corrected chi connectivity index (χ1v) is 5.33. The van der Waals surface area contributed by atoms with E-state index in [2.05, 4.69) is 19.1 Å². The molecule has 0 saturated carbocycles. The molecule has 0 unspecified atom stereocenters. The van der Waals surface area contributed by atoms with Crippen LogP contribution in [-0.2, 0) is 0 Å². The lowest BCUT2D eigenvalue weighted by Crippen LogP contribution is -1.89. The van der Waals surface area contributed by atoms with Crippen LogP contribution >= 0.6 is 0 Å². The molecule has 2 aromatic carbocycles. The molecule has 88 valence electrons. The van der Waals surface area contributed by atoms with Gasteiger partial charge in [0.2, 0.25) is 0 Å². The second-order valence-corrected chi connectivity index (χ2v) is 3.70. The molecule has 0 N–H and O–H groups in total. The third-order valence-corrected chi connectivity index (χ3v) is 2.25. The number of hydrogen-bond donors (Lipinski definition) is 0. The van der Waals surface area contributed by atoms with Crippen LogP contribution in [0.3, 0.4) is 0 Å². The fourth-order valence-corrected chi connectivity index (χ4v) is 1.30. The van der Waals surface area contributed by atoms with E-state index in [1.807, 2.05) is 18.2 Å². The minimum absolute atomic E-state index is 0.183. The molecule has 0 aliphatic heterocycles. The van der Waals surface area contributed by atoms with Crippen LogP contribution in [0.1, 0.15) is 11.1 Å². The number of rotatable bonds is 1. The van der Waals surface area contributed by atoms with Crippen LogP contribution in [-0.4, -0.2) is 4.92 Å². The molecule has 2 rings (SSSR count). The van der Waals surface area contributed by atoms with Gasteiger partial charge in [-0.15, -0.1) is 0 Å². The highest BCUT2D eigenvalue weighted by Gasteiger charge is 2.05. The Morgan fingerprint density at radius 2 is 1.41 bits per heavy atom. The maximum Gasteiger partial charge on any atom is 0.272 e. The quantitative estimate of drug-likeness (QED) is 0.549. The molecule has 2 aromatic rings. The zero-order valence-corrected chi connectivity index (χ0v) is 9.96. The predicted octanol–water partition coefficient (Wildman–Crippen LogP) is 3.90. The van der Waals surface area contributed by atoms with Crippen molar-refractivity contribution in [2.75, 3.05) is 0 Å². The number of benzene rings is 2. The summed E-state index contributed by atoms with van der Waals surface area (Å²) in [6.45, 7) is 3.80. The van der Waals surface area contributed by atoms with Crippen molar-refractivity contribution in [3.63, 3.8) is 0 Å². The lowest BCUT2D eigenvalue weighted by Gasteiger charge is -1.92. The van der Waals surface area contributed by atoms with Gasteiger partial charge >= 0.3 is 0 Å². The summed E-state index contributed by atoms with van der Waals surface area (Å²) >= 11 is 0. The van der Waals surface area contributed by atoms with Crippen molar-refractivity contribution in [2.24, 2.45) is 0 Å². The number of hydrogen-bond acceptors (Lipinski definition) is 2. The molecule has 3 heteroatoms. The molecule has 0 heterocycles. The standard InChI is InChI=1S/C7H7NO2.C7H8/c1-6-4-2-3-5-7(6)8(9)10;1-7-5-3-2-4-6-7/h2-5H,1H3;2-6H,1H3. The van der Waals surface area contributed by atoms with E-state index in [1.165, 1.54) is 11.6 Å². The topological polar surface area (TPSA) is 43.1 Å². The summed E-state index contributed by atoms with van der Waals surface area (Å²) in [4.78, 5) is 9.85. The van der Waals surface area contributed by atoms with E-state index in [9.17, 15) is 10.1 Å². The van der Waals surface area contributed by atoms with Gasteiger partial charge in [-0.25, -0.2) is 0 Å². The van der Waals surface area contributed by atoms with Crippen LogP contribution in [0.2, 0.25) is 0 Å². The highest BCUT2D eigenvalue weighted by atomic mass is 16.6. The predicted molar refractivity (Wildman–Crippen MR) is 69.0 cm³/mol. The number of para-hydroxylation sites is 1. The summed E-state index contributed by atoms with van der Waals surface area (Å²) in [5, 5.41) is 10.2. The smallest absolute Gasteiger partial charge is 0.258 e. The van der Waals surface area contributed by atoms with E-state index < -0.39 is 0 Å². The second-order valence-electron chi connectivity index (χ2n) is 3.70. The first-order valence-electron chi connectivity index (χ1n) is 5.33.